The number of hydrogen-bond acceptors (Lipinski definition) is 3. The van der Waals surface area contributed by atoms with Gasteiger partial charge in [0.25, 0.3) is 5.91 Å². The number of carbonyl (C=O) groups is 1. The van der Waals surface area contributed by atoms with Crippen molar-refractivity contribution in [2.45, 2.75) is 12.1 Å². The third-order valence-electron chi connectivity index (χ3n) is 3.54. The maximum absolute atomic E-state index is 11.9. The minimum Gasteiger partial charge on any atom is -0.497 e. The van der Waals surface area contributed by atoms with Gasteiger partial charge in [0.05, 0.1) is 13.2 Å². The molecule has 0 radical (unpaired) electrons. The highest BCUT2D eigenvalue weighted by atomic mass is 16.5. The Kier molecular flexibility index (Phi) is 3.16. The zero-order chi connectivity index (χ0) is 14.1. The van der Waals surface area contributed by atoms with Crippen LogP contribution in [0.25, 0.3) is 0 Å². The second kappa shape index (κ2) is 4.98. The van der Waals surface area contributed by atoms with E-state index in [-0.39, 0.29) is 11.9 Å². The first-order valence-electron chi connectivity index (χ1n) is 6.42. The van der Waals surface area contributed by atoms with Crippen molar-refractivity contribution in [1.82, 2.24) is 0 Å². The Hall–Kier alpha value is -2.33. The van der Waals surface area contributed by atoms with Crippen molar-refractivity contribution in [2.24, 2.45) is 0 Å². The van der Waals surface area contributed by atoms with Gasteiger partial charge in [0.2, 0.25) is 0 Å². The second-order valence-corrected chi connectivity index (χ2v) is 4.71. The first kappa shape index (κ1) is 12.7. The molecule has 2 unspecified atom stereocenters. The second-order valence-electron chi connectivity index (χ2n) is 4.71. The van der Waals surface area contributed by atoms with Crippen LogP contribution in [0.4, 0.5) is 5.69 Å². The molecule has 1 heterocycles. The van der Waals surface area contributed by atoms with Gasteiger partial charge in [-0.1, -0.05) is 30.3 Å². The van der Waals surface area contributed by atoms with E-state index in [1.807, 2.05) is 54.6 Å². The SMILES string of the molecule is COc1cccc(C2C(O)C(=O)N2c2ccccc2)c1. The number of carbonyl (C=O) groups excluding carboxylic acids is 1. The molecule has 102 valence electrons. The van der Waals surface area contributed by atoms with Gasteiger partial charge in [-0.05, 0) is 29.8 Å². The van der Waals surface area contributed by atoms with Gasteiger partial charge in [-0.3, -0.25) is 9.69 Å². The van der Waals surface area contributed by atoms with E-state index < -0.39 is 6.10 Å². The summed E-state index contributed by atoms with van der Waals surface area (Å²) in [6, 6.07) is 16.4. The monoisotopic (exact) mass is 269 g/mol. The number of β-lactam (4-membered cyclic amide) rings is 1. The van der Waals surface area contributed by atoms with Gasteiger partial charge in [0, 0.05) is 5.69 Å². The highest BCUT2D eigenvalue weighted by Crippen LogP contribution is 2.39. The fourth-order valence-corrected chi connectivity index (χ4v) is 2.51. The Balaban J connectivity index is 1.97. The summed E-state index contributed by atoms with van der Waals surface area (Å²) >= 11 is 0. The number of aliphatic hydroxyl groups is 1. The maximum Gasteiger partial charge on any atom is 0.259 e. The van der Waals surface area contributed by atoms with Crippen LogP contribution in [-0.2, 0) is 4.79 Å². The van der Waals surface area contributed by atoms with Gasteiger partial charge in [0.15, 0.2) is 6.10 Å². The van der Waals surface area contributed by atoms with Crippen LogP contribution in [0.3, 0.4) is 0 Å². The Morgan fingerprint density at radius 1 is 1.10 bits per heavy atom. The Morgan fingerprint density at radius 2 is 1.85 bits per heavy atom. The zero-order valence-corrected chi connectivity index (χ0v) is 11.1. The van der Waals surface area contributed by atoms with Crippen molar-refractivity contribution in [2.75, 3.05) is 12.0 Å². The molecule has 1 aliphatic heterocycles. The molecule has 3 rings (SSSR count). The van der Waals surface area contributed by atoms with Crippen LogP contribution < -0.4 is 9.64 Å². The molecule has 20 heavy (non-hydrogen) atoms. The number of ether oxygens (including phenoxy) is 1. The summed E-state index contributed by atoms with van der Waals surface area (Å²) < 4.78 is 5.19. The minimum atomic E-state index is -0.998. The molecular formula is C16H15NO3. The highest BCUT2D eigenvalue weighted by molar-refractivity contribution is 6.04. The van der Waals surface area contributed by atoms with E-state index >= 15 is 0 Å². The number of para-hydroxylation sites is 1. The minimum absolute atomic E-state index is 0.274. The Labute approximate surface area is 117 Å². The number of nitrogens with zero attached hydrogens (tertiary/aromatic N) is 1. The van der Waals surface area contributed by atoms with Crippen LogP contribution in [0.5, 0.6) is 5.75 Å². The topological polar surface area (TPSA) is 49.8 Å². The van der Waals surface area contributed by atoms with Crippen molar-refractivity contribution >= 4 is 11.6 Å². The number of hydrogen-bond donors (Lipinski definition) is 1. The lowest BCUT2D eigenvalue weighted by Crippen LogP contribution is -2.59. The molecule has 0 spiro atoms. The number of aliphatic hydroxyl groups excluding tert-OH is 1. The van der Waals surface area contributed by atoms with E-state index in [4.69, 9.17) is 4.74 Å². The van der Waals surface area contributed by atoms with E-state index in [0.717, 1.165) is 11.3 Å². The third kappa shape index (κ3) is 1.94. The molecule has 0 saturated carbocycles. The smallest absolute Gasteiger partial charge is 0.259 e. The first-order chi connectivity index (χ1) is 9.72. The van der Waals surface area contributed by atoms with E-state index in [2.05, 4.69) is 0 Å². The van der Waals surface area contributed by atoms with Crippen LogP contribution in [0.1, 0.15) is 11.6 Å². The zero-order valence-electron chi connectivity index (χ0n) is 11.1. The largest absolute Gasteiger partial charge is 0.497 e. The molecule has 1 N–H and O–H groups in total. The van der Waals surface area contributed by atoms with Gasteiger partial charge in [-0.15, -0.1) is 0 Å². The van der Waals surface area contributed by atoms with Gasteiger partial charge >= 0.3 is 0 Å². The average Bonchev–Trinajstić information content (AvgIpc) is 2.52. The standard InChI is InChI=1S/C16H15NO3/c1-20-13-9-5-6-11(10-13)14-15(18)16(19)17(14)12-7-3-2-4-8-12/h2-10,14-15,18H,1H3. The Bertz CT molecular complexity index is 627. The predicted molar refractivity (Wildman–Crippen MR) is 75.7 cm³/mol. The van der Waals surface area contributed by atoms with Gasteiger partial charge in [-0.25, -0.2) is 0 Å². The van der Waals surface area contributed by atoms with Crippen molar-refractivity contribution in [3.63, 3.8) is 0 Å². The molecule has 4 nitrogen and oxygen atoms in total. The lowest BCUT2D eigenvalue weighted by atomic mass is 9.90. The van der Waals surface area contributed by atoms with Crippen molar-refractivity contribution in [1.29, 1.82) is 0 Å². The van der Waals surface area contributed by atoms with Crippen LogP contribution in [-0.4, -0.2) is 24.2 Å². The predicted octanol–water partition coefficient (Wildman–Crippen LogP) is 2.14. The molecule has 2 aromatic carbocycles. The number of rotatable bonds is 3. The normalized spacial score (nSPS) is 21.5. The van der Waals surface area contributed by atoms with Crippen LogP contribution >= 0.6 is 0 Å². The third-order valence-corrected chi connectivity index (χ3v) is 3.54. The molecular weight excluding hydrogens is 254 g/mol. The number of anilines is 1. The van der Waals surface area contributed by atoms with Crippen LogP contribution in [0, 0.1) is 0 Å². The molecule has 0 bridgehead atoms. The van der Waals surface area contributed by atoms with Gasteiger partial charge in [-0.2, -0.15) is 0 Å². The van der Waals surface area contributed by atoms with E-state index in [9.17, 15) is 9.90 Å². The van der Waals surface area contributed by atoms with Gasteiger partial charge in [0.1, 0.15) is 5.75 Å². The lowest BCUT2D eigenvalue weighted by molar-refractivity contribution is -0.137. The number of benzene rings is 2. The first-order valence-corrected chi connectivity index (χ1v) is 6.42. The molecule has 0 aliphatic carbocycles. The number of methoxy groups -OCH3 is 1. The Morgan fingerprint density at radius 3 is 2.55 bits per heavy atom. The van der Waals surface area contributed by atoms with Crippen LogP contribution in [0.15, 0.2) is 54.6 Å². The van der Waals surface area contributed by atoms with E-state index in [0.29, 0.717) is 5.75 Å². The molecule has 1 saturated heterocycles. The summed E-state index contributed by atoms with van der Waals surface area (Å²) in [7, 11) is 1.59. The fourth-order valence-electron chi connectivity index (χ4n) is 2.51. The average molecular weight is 269 g/mol. The summed E-state index contributed by atoms with van der Waals surface area (Å²) in [6.45, 7) is 0. The quantitative estimate of drug-likeness (QED) is 0.869. The summed E-state index contributed by atoms with van der Waals surface area (Å²) in [5, 5.41) is 9.99. The van der Waals surface area contributed by atoms with E-state index in [1.54, 1.807) is 12.0 Å². The summed E-state index contributed by atoms with van der Waals surface area (Å²) in [5.41, 5.74) is 1.65. The van der Waals surface area contributed by atoms with Crippen molar-refractivity contribution < 1.29 is 14.6 Å². The molecule has 2 aromatic rings. The number of amides is 1. The van der Waals surface area contributed by atoms with Crippen LogP contribution in [0.2, 0.25) is 0 Å². The summed E-state index contributed by atoms with van der Waals surface area (Å²) in [4.78, 5) is 13.6. The molecule has 2 atom stereocenters. The summed E-state index contributed by atoms with van der Waals surface area (Å²) in [5.74, 6) is 0.436. The van der Waals surface area contributed by atoms with Crippen molar-refractivity contribution in [3.05, 3.63) is 60.2 Å². The molecule has 4 heteroatoms. The van der Waals surface area contributed by atoms with Gasteiger partial charge < -0.3 is 9.84 Å². The highest BCUT2D eigenvalue weighted by Gasteiger charge is 2.47. The lowest BCUT2D eigenvalue weighted by Gasteiger charge is -2.44. The molecule has 1 aliphatic rings. The van der Waals surface area contributed by atoms with E-state index in [1.165, 1.54) is 0 Å². The fraction of sp³-hybridized carbons (Fsp3) is 0.188. The van der Waals surface area contributed by atoms with Crippen molar-refractivity contribution in [3.8, 4) is 5.75 Å². The molecule has 1 amide bonds. The maximum atomic E-state index is 11.9. The molecule has 0 aromatic heterocycles. The molecule has 1 fully saturated rings. The summed E-state index contributed by atoms with van der Waals surface area (Å²) in [6.07, 6.45) is -0.998.